The lowest BCUT2D eigenvalue weighted by atomic mass is 10.00. The Bertz CT molecular complexity index is 465. The number of benzene rings is 1. The first-order chi connectivity index (χ1) is 10.2. The molecule has 1 fully saturated rings. The summed E-state index contributed by atoms with van der Waals surface area (Å²) < 4.78 is 12.6. The second-order valence-electron chi connectivity index (χ2n) is 8.22. The molecule has 1 aliphatic rings. The van der Waals surface area contributed by atoms with E-state index in [1.54, 1.807) is 0 Å². The molecule has 1 heterocycles. The minimum atomic E-state index is -1.67. The number of hydrogen-bond donors (Lipinski definition) is 0. The van der Waals surface area contributed by atoms with Crippen LogP contribution < -0.4 is 0 Å². The van der Waals surface area contributed by atoms with Gasteiger partial charge in [0.25, 0.3) is 0 Å². The summed E-state index contributed by atoms with van der Waals surface area (Å²) in [4.78, 5) is 0. The fourth-order valence-corrected chi connectivity index (χ4v) is 3.99. The molecule has 2 nitrogen and oxygen atoms in total. The van der Waals surface area contributed by atoms with Crippen molar-refractivity contribution in [3.63, 3.8) is 0 Å². The fraction of sp³-hybridized carbons (Fsp3) is 0.684. The van der Waals surface area contributed by atoms with Crippen LogP contribution in [-0.2, 0) is 15.6 Å². The highest BCUT2D eigenvalue weighted by molar-refractivity contribution is 6.74. The van der Waals surface area contributed by atoms with Crippen molar-refractivity contribution in [1.29, 1.82) is 0 Å². The summed E-state index contributed by atoms with van der Waals surface area (Å²) in [5.41, 5.74) is 2.69. The molecule has 0 N–H and O–H groups in total. The minimum absolute atomic E-state index is 0.270. The van der Waals surface area contributed by atoms with Crippen molar-refractivity contribution in [2.75, 3.05) is 6.61 Å². The highest BCUT2D eigenvalue weighted by atomic mass is 28.4. The van der Waals surface area contributed by atoms with Crippen LogP contribution in [0.15, 0.2) is 24.3 Å². The number of rotatable bonds is 4. The van der Waals surface area contributed by atoms with Gasteiger partial charge in [-0.05, 0) is 49.9 Å². The molecule has 0 aromatic heterocycles. The van der Waals surface area contributed by atoms with E-state index in [1.165, 1.54) is 11.1 Å². The molecule has 0 amide bonds. The molecule has 1 saturated heterocycles. The maximum Gasteiger partial charge on any atom is 0.192 e. The van der Waals surface area contributed by atoms with E-state index in [2.05, 4.69) is 65.1 Å². The van der Waals surface area contributed by atoms with Gasteiger partial charge < -0.3 is 9.16 Å². The van der Waals surface area contributed by atoms with Gasteiger partial charge in [0, 0.05) is 0 Å². The van der Waals surface area contributed by atoms with Crippen LogP contribution in [0.5, 0.6) is 0 Å². The average molecular weight is 321 g/mol. The SMILES string of the molecule is Cc1ccc(C[C@@H]2CC[C@@H](O[Si](C)(C)C(C)(C)C)CO2)cc1. The third-order valence-electron chi connectivity index (χ3n) is 5.18. The van der Waals surface area contributed by atoms with Crippen LogP contribution in [0.2, 0.25) is 18.1 Å². The molecule has 0 radical (unpaired) electrons. The van der Waals surface area contributed by atoms with Crippen LogP contribution in [0, 0.1) is 6.92 Å². The van der Waals surface area contributed by atoms with E-state index in [4.69, 9.17) is 9.16 Å². The molecule has 124 valence electrons. The summed E-state index contributed by atoms with van der Waals surface area (Å²) in [6.07, 6.45) is 3.89. The molecule has 1 aromatic carbocycles. The van der Waals surface area contributed by atoms with Crippen molar-refractivity contribution in [2.24, 2.45) is 0 Å². The maximum atomic E-state index is 6.47. The van der Waals surface area contributed by atoms with E-state index >= 15 is 0 Å². The predicted molar refractivity (Wildman–Crippen MR) is 95.9 cm³/mol. The highest BCUT2D eigenvalue weighted by Crippen LogP contribution is 2.38. The normalized spacial score (nSPS) is 23.5. The lowest BCUT2D eigenvalue weighted by molar-refractivity contribution is -0.0494. The molecule has 1 aliphatic heterocycles. The Kier molecular flexibility index (Phi) is 5.52. The number of ether oxygens (including phenoxy) is 1. The van der Waals surface area contributed by atoms with E-state index in [0.717, 1.165) is 25.9 Å². The lowest BCUT2D eigenvalue weighted by Crippen LogP contribution is -2.46. The standard InChI is InChI=1S/C19H32O2Si/c1-15-7-9-16(10-8-15)13-17-11-12-18(14-20-17)21-22(5,6)19(2,3)4/h7-10,17-18H,11-14H2,1-6H3/t17-,18+/m0/s1. The molecule has 3 heteroatoms. The third kappa shape index (κ3) is 4.67. The topological polar surface area (TPSA) is 18.5 Å². The van der Waals surface area contributed by atoms with E-state index in [1.807, 2.05) is 0 Å². The van der Waals surface area contributed by atoms with Gasteiger partial charge >= 0.3 is 0 Å². The molecule has 2 rings (SSSR count). The summed E-state index contributed by atoms with van der Waals surface area (Å²) >= 11 is 0. The van der Waals surface area contributed by atoms with Crippen molar-refractivity contribution in [3.8, 4) is 0 Å². The predicted octanol–water partition coefficient (Wildman–Crippen LogP) is 5.11. The molecule has 0 saturated carbocycles. The van der Waals surface area contributed by atoms with Crippen molar-refractivity contribution in [3.05, 3.63) is 35.4 Å². The molecular weight excluding hydrogens is 288 g/mol. The highest BCUT2D eigenvalue weighted by Gasteiger charge is 2.40. The van der Waals surface area contributed by atoms with Gasteiger partial charge in [0.15, 0.2) is 8.32 Å². The van der Waals surface area contributed by atoms with Crippen LogP contribution in [-0.4, -0.2) is 27.1 Å². The number of hydrogen-bond acceptors (Lipinski definition) is 2. The van der Waals surface area contributed by atoms with Crippen LogP contribution in [0.4, 0.5) is 0 Å². The second-order valence-corrected chi connectivity index (χ2v) is 13.0. The van der Waals surface area contributed by atoms with Gasteiger partial charge in [-0.1, -0.05) is 50.6 Å². The monoisotopic (exact) mass is 320 g/mol. The van der Waals surface area contributed by atoms with Crippen molar-refractivity contribution in [2.45, 2.75) is 77.3 Å². The van der Waals surface area contributed by atoms with Gasteiger partial charge in [-0.15, -0.1) is 0 Å². The van der Waals surface area contributed by atoms with Gasteiger partial charge in [-0.25, -0.2) is 0 Å². The van der Waals surface area contributed by atoms with Gasteiger partial charge in [-0.2, -0.15) is 0 Å². The second kappa shape index (κ2) is 6.86. The summed E-state index contributed by atoms with van der Waals surface area (Å²) in [7, 11) is -1.67. The average Bonchev–Trinajstić information content (AvgIpc) is 2.42. The zero-order valence-corrected chi connectivity index (χ0v) is 16.1. The largest absolute Gasteiger partial charge is 0.412 e. The summed E-state index contributed by atoms with van der Waals surface area (Å²) in [6, 6.07) is 8.80. The Morgan fingerprint density at radius 2 is 1.77 bits per heavy atom. The zero-order chi connectivity index (χ0) is 16.4. The Balaban J connectivity index is 1.82. The Morgan fingerprint density at radius 1 is 1.14 bits per heavy atom. The fourth-order valence-electron chi connectivity index (χ4n) is 2.62. The van der Waals surface area contributed by atoms with Gasteiger partial charge in [0.05, 0.1) is 18.8 Å². The molecule has 0 bridgehead atoms. The first-order valence-corrected chi connectivity index (χ1v) is 11.4. The maximum absolute atomic E-state index is 6.47. The van der Waals surface area contributed by atoms with Crippen molar-refractivity contribution >= 4 is 8.32 Å². The van der Waals surface area contributed by atoms with Gasteiger partial charge in [0.1, 0.15) is 0 Å². The van der Waals surface area contributed by atoms with E-state index < -0.39 is 8.32 Å². The Morgan fingerprint density at radius 3 is 2.27 bits per heavy atom. The van der Waals surface area contributed by atoms with E-state index in [0.29, 0.717) is 6.10 Å². The first-order valence-electron chi connectivity index (χ1n) is 8.52. The molecule has 2 atom stereocenters. The van der Waals surface area contributed by atoms with E-state index in [9.17, 15) is 0 Å². The Labute approximate surface area is 137 Å². The number of aryl methyl sites for hydroxylation is 1. The summed E-state index contributed by atoms with van der Waals surface area (Å²) in [5.74, 6) is 0. The van der Waals surface area contributed by atoms with Crippen molar-refractivity contribution < 1.29 is 9.16 Å². The molecule has 0 aliphatic carbocycles. The van der Waals surface area contributed by atoms with E-state index in [-0.39, 0.29) is 11.1 Å². The van der Waals surface area contributed by atoms with Crippen LogP contribution in [0.1, 0.15) is 44.7 Å². The third-order valence-corrected chi connectivity index (χ3v) is 9.71. The molecule has 0 unspecified atom stereocenters. The molecule has 1 aromatic rings. The quantitative estimate of drug-likeness (QED) is 0.718. The minimum Gasteiger partial charge on any atom is -0.412 e. The van der Waals surface area contributed by atoms with Crippen LogP contribution >= 0.6 is 0 Å². The first kappa shape index (κ1) is 17.7. The molecule has 0 spiro atoms. The smallest absolute Gasteiger partial charge is 0.192 e. The zero-order valence-electron chi connectivity index (χ0n) is 15.1. The van der Waals surface area contributed by atoms with Crippen LogP contribution in [0.3, 0.4) is 0 Å². The van der Waals surface area contributed by atoms with Gasteiger partial charge in [-0.3, -0.25) is 0 Å². The summed E-state index contributed by atoms with van der Waals surface area (Å²) in [5, 5.41) is 0.270. The lowest BCUT2D eigenvalue weighted by Gasteiger charge is -2.41. The summed E-state index contributed by atoms with van der Waals surface area (Å²) in [6.45, 7) is 14.4. The van der Waals surface area contributed by atoms with Crippen molar-refractivity contribution in [1.82, 2.24) is 0 Å². The van der Waals surface area contributed by atoms with Crippen LogP contribution in [0.25, 0.3) is 0 Å². The molecular formula is C19H32O2Si. The molecule has 22 heavy (non-hydrogen) atoms. The Hall–Kier alpha value is -0.643. The van der Waals surface area contributed by atoms with Gasteiger partial charge in [0.2, 0.25) is 0 Å².